The molecule has 1 aromatic carbocycles. The molecule has 1 aliphatic heterocycles. The van der Waals surface area contributed by atoms with Crippen LogP contribution < -0.4 is 0 Å². The molecule has 4 heteroatoms. The lowest BCUT2D eigenvalue weighted by Gasteiger charge is -2.23. The van der Waals surface area contributed by atoms with E-state index in [1.165, 1.54) is 11.4 Å². The molecular formula is C18H25N3O. The first-order chi connectivity index (χ1) is 10.8. The number of imidazole rings is 1. The molecule has 2 aromatic rings. The van der Waals surface area contributed by atoms with E-state index < -0.39 is 0 Å². The van der Waals surface area contributed by atoms with Crippen LogP contribution >= 0.6 is 0 Å². The van der Waals surface area contributed by atoms with Gasteiger partial charge in [-0.05, 0) is 18.9 Å². The van der Waals surface area contributed by atoms with Crippen molar-refractivity contribution < 1.29 is 4.74 Å². The Labute approximate surface area is 132 Å². The van der Waals surface area contributed by atoms with Crippen LogP contribution in [0.3, 0.4) is 0 Å². The van der Waals surface area contributed by atoms with Crippen molar-refractivity contribution in [3.8, 4) is 0 Å². The summed E-state index contributed by atoms with van der Waals surface area (Å²) in [6, 6.07) is 10.7. The summed E-state index contributed by atoms with van der Waals surface area (Å²) in [5.41, 5.74) is 1.40. The van der Waals surface area contributed by atoms with Gasteiger partial charge in [0.1, 0.15) is 5.82 Å². The number of aromatic nitrogens is 2. The highest BCUT2D eigenvalue weighted by atomic mass is 16.5. The van der Waals surface area contributed by atoms with Gasteiger partial charge in [0, 0.05) is 44.6 Å². The molecule has 1 aromatic heterocycles. The van der Waals surface area contributed by atoms with Gasteiger partial charge in [-0.15, -0.1) is 0 Å². The predicted molar refractivity (Wildman–Crippen MR) is 87.6 cm³/mol. The van der Waals surface area contributed by atoms with Crippen LogP contribution in [-0.4, -0.2) is 40.8 Å². The zero-order valence-corrected chi connectivity index (χ0v) is 13.3. The molecular weight excluding hydrogens is 274 g/mol. The molecule has 0 saturated heterocycles. The minimum Gasteiger partial charge on any atom is -0.381 e. The number of benzene rings is 1. The Balaban J connectivity index is 1.64. The molecule has 118 valence electrons. The number of nitrogens with zero attached hydrogens (tertiary/aromatic N) is 3. The van der Waals surface area contributed by atoms with Gasteiger partial charge in [0.25, 0.3) is 0 Å². The van der Waals surface area contributed by atoms with E-state index >= 15 is 0 Å². The van der Waals surface area contributed by atoms with Crippen LogP contribution in [0.15, 0.2) is 42.7 Å². The van der Waals surface area contributed by atoms with Crippen molar-refractivity contribution in [1.82, 2.24) is 14.5 Å². The third-order valence-electron chi connectivity index (χ3n) is 4.26. The summed E-state index contributed by atoms with van der Waals surface area (Å²) in [6.45, 7) is 7.77. The van der Waals surface area contributed by atoms with Crippen molar-refractivity contribution in [2.75, 3.05) is 26.3 Å². The van der Waals surface area contributed by atoms with Crippen molar-refractivity contribution in [2.24, 2.45) is 5.92 Å². The van der Waals surface area contributed by atoms with Crippen LogP contribution in [0.4, 0.5) is 0 Å². The lowest BCUT2D eigenvalue weighted by molar-refractivity contribution is 0.0869. The summed E-state index contributed by atoms with van der Waals surface area (Å²) in [5.74, 6) is 1.71. The Morgan fingerprint density at radius 1 is 1.23 bits per heavy atom. The van der Waals surface area contributed by atoms with Crippen LogP contribution in [0, 0.1) is 5.92 Å². The van der Waals surface area contributed by atoms with Crippen LogP contribution in [-0.2, 0) is 24.2 Å². The summed E-state index contributed by atoms with van der Waals surface area (Å²) in [6.07, 6.45) is 5.09. The average molecular weight is 299 g/mol. The van der Waals surface area contributed by atoms with Crippen molar-refractivity contribution in [2.45, 2.75) is 26.4 Å². The second kappa shape index (κ2) is 7.56. The van der Waals surface area contributed by atoms with Crippen LogP contribution in [0.5, 0.6) is 0 Å². The SMILES string of the molecule is CCOC[C@H]1CN(CCc2ccccc2)Cc2nccn2C1. The Bertz CT molecular complexity index is 567. The average Bonchev–Trinajstić information content (AvgIpc) is 2.91. The van der Waals surface area contributed by atoms with E-state index in [2.05, 4.69) is 57.9 Å². The Morgan fingerprint density at radius 3 is 2.91 bits per heavy atom. The largest absolute Gasteiger partial charge is 0.381 e. The van der Waals surface area contributed by atoms with E-state index in [1.54, 1.807) is 0 Å². The van der Waals surface area contributed by atoms with Crippen molar-refractivity contribution >= 4 is 0 Å². The Morgan fingerprint density at radius 2 is 2.09 bits per heavy atom. The van der Waals surface area contributed by atoms with Crippen LogP contribution in [0.2, 0.25) is 0 Å². The van der Waals surface area contributed by atoms with Gasteiger partial charge < -0.3 is 9.30 Å². The standard InChI is InChI=1S/C18H25N3O/c1-2-22-15-17-12-20(10-8-16-6-4-3-5-7-16)14-18-19-9-11-21(18)13-17/h3-7,9,11,17H,2,8,10,12-15H2,1H3/t17-/m0/s1. The topological polar surface area (TPSA) is 30.3 Å². The first-order valence-corrected chi connectivity index (χ1v) is 8.19. The van der Waals surface area contributed by atoms with Gasteiger partial charge in [-0.2, -0.15) is 0 Å². The number of hydrogen-bond donors (Lipinski definition) is 0. The summed E-state index contributed by atoms with van der Waals surface area (Å²) in [4.78, 5) is 7.03. The fraction of sp³-hybridized carbons (Fsp3) is 0.500. The molecule has 0 unspecified atom stereocenters. The molecule has 1 aliphatic rings. The highest BCUT2D eigenvalue weighted by Crippen LogP contribution is 2.16. The number of fused-ring (bicyclic) bond motifs is 1. The minimum atomic E-state index is 0.533. The molecule has 0 fully saturated rings. The van der Waals surface area contributed by atoms with Crippen molar-refractivity contribution in [1.29, 1.82) is 0 Å². The van der Waals surface area contributed by atoms with Gasteiger partial charge in [-0.25, -0.2) is 4.98 Å². The lowest BCUT2D eigenvalue weighted by atomic mass is 10.1. The second-order valence-corrected chi connectivity index (χ2v) is 5.99. The lowest BCUT2D eigenvalue weighted by Crippen LogP contribution is -2.32. The van der Waals surface area contributed by atoms with Gasteiger partial charge in [0.15, 0.2) is 0 Å². The zero-order valence-electron chi connectivity index (χ0n) is 13.3. The molecule has 2 heterocycles. The molecule has 0 saturated carbocycles. The van der Waals surface area contributed by atoms with E-state index in [1.807, 2.05) is 6.20 Å². The highest BCUT2D eigenvalue weighted by molar-refractivity contribution is 5.15. The van der Waals surface area contributed by atoms with Gasteiger partial charge >= 0.3 is 0 Å². The fourth-order valence-electron chi connectivity index (χ4n) is 3.12. The number of hydrogen-bond acceptors (Lipinski definition) is 3. The van der Waals surface area contributed by atoms with E-state index in [9.17, 15) is 0 Å². The monoisotopic (exact) mass is 299 g/mol. The first-order valence-electron chi connectivity index (χ1n) is 8.19. The molecule has 0 radical (unpaired) electrons. The van der Waals surface area contributed by atoms with E-state index in [4.69, 9.17) is 4.74 Å². The second-order valence-electron chi connectivity index (χ2n) is 5.99. The van der Waals surface area contributed by atoms with Gasteiger partial charge in [0.05, 0.1) is 13.2 Å². The Hall–Kier alpha value is -1.65. The van der Waals surface area contributed by atoms with Crippen LogP contribution in [0.25, 0.3) is 0 Å². The summed E-state index contributed by atoms with van der Waals surface area (Å²) < 4.78 is 7.95. The molecule has 0 amide bonds. The molecule has 3 rings (SSSR count). The Kier molecular flexibility index (Phi) is 5.24. The van der Waals surface area contributed by atoms with Gasteiger partial charge in [-0.1, -0.05) is 30.3 Å². The summed E-state index contributed by atoms with van der Waals surface area (Å²) in [5, 5.41) is 0. The molecule has 1 atom stereocenters. The first kappa shape index (κ1) is 15.3. The maximum Gasteiger partial charge on any atom is 0.122 e. The van der Waals surface area contributed by atoms with Gasteiger partial charge in [0.2, 0.25) is 0 Å². The summed E-state index contributed by atoms with van der Waals surface area (Å²) in [7, 11) is 0. The molecule has 0 spiro atoms. The van der Waals surface area contributed by atoms with Crippen molar-refractivity contribution in [3.05, 3.63) is 54.1 Å². The molecule has 22 heavy (non-hydrogen) atoms. The molecule has 4 nitrogen and oxygen atoms in total. The summed E-state index contributed by atoms with van der Waals surface area (Å²) >= 11 is 0. The molecule has 0 N–H and O–H groups in total. The van der Waals surface area contributed by atoms with E-state index in [0.29, 0.717) is 5.92 Å². The number of rotatable bonds is 6. The predicted octanol–water partition coefficient (Wildman–Crippen LogP) is 2.59. The maximum absolute atomic E-state index is 5.67. The molecule has 0 bridgehead atoms. The third kappa shape index (κ3) is 3.96. The quantitative estimate of drug-likeness (QED) is 0.821. The number of ether oxygens (including phenoxy) is 1. The maximum atomic E-state index is 5.67. The molecule has 0 aliphatic carbocycles. The van der Waals surface area contributed by atoms with Gasteiger partial charge in [-0.3, -0.25) is 4.90 Å². The third-order valence-corrected chi connectivity index (χ3v) is 4.26. The highest BCUT2D eigenvalue weighted by Gasteiger charge is 2.22. The van der Waals surface area contributed by atoms with Crippen molar-refractivity contribution in [3.63, 3.8) is 0 Å². The smallest absolute Gasteiger partial charge is 0.122 e. The fourth-order valence-corrected chi connectivity index (χ4v) is 3.12. The van der Waals surface area contributed by atoms with E-state index in [0.717, 1.165) is 45.8 Å². The van der Waals surface area contributed by atoms with E-state index in [-0.39, 0.29) is 0 Å². The normalized spacial score (nSPS) is 18.9. The minimum absolute atomic E-state index is 0.533. The zero-order chi connectivity index (χ0) is 15.2. The van der Waals surface area contributed by atoms with Crippen LogP contribution in [0.1, 0.15) is 18.3 Å².